The minimum atomic E-state index is -3.85. The Bertz CT molecular complexity index is 185. The van der Waals surface area contributed by atoms with Crippen molar-refractivity contribution in [2.24, 2.45) is 0 Å². The molecule has 0 amide bonds. The molecule has 12 heavy (non-hydrogen) atoms. The van der Waals surface area contributed by atoms with Crippen LogP contribution in [-0.2, 0) is 4.57 Å². The third kappa shape index (κ3) is 3.65. The molecule has 0 aromatic rings. The molecule has 1 aliphatic heterocycles. The first-order chi connectivity index (χ1) is 5.47. The van der Waals surface area contributed by atoms with E-state index in [1.807, 2.05) is 7.05 Å². The van der Waals surface area contributed by atoms with E-state index in [2.05, 4.69) is 4.90 Å². The quantitative estimate of drug-likeness (QED) is 0.573. The maximum atomic E-state index is 10.6. The van der Waals surface area contributed by atoms with Crippen molar-refractivity contribution in [2.45, 2.75) is 0 Å². The molecule has 0 radical (unpaired) electrons. The Labute approximate surface area is 72.1 Å². The minimum Gasteiger partial charge on any atom is -0.324 e. The van der Waals surface area contributed by atoms with Gasteiger partial charge in [0.1, 0.15) is 6.29 Å². The fourth-order valence-electron chi connectivity index (χ4n) is 1.25. The predicted molar refractivity (Wildman–Crippen MR) is 46.0 cm³/mol. The maximum Gasteiger partial charge on any atom is 0.339 e. The van der Waals surface area contributed by atoms with E-state index in [4.69, 9.17) is 9.79 Å². The summed E-state index contributed by atoms with van der Waals surface area (Å²) in [6.45, 7) is 3.28. The van der Waals surface area contributed by atoms with Crippen molar-refractivity contribution < 1.29 is 14.4 Å². The molecule has 0 aliphatic carbocycles. The van der Waals surface area contributed by atoms with E-state index < -0.39 is 7.60 Å². The van der Waals surface area contributed by atoms with Gasteiger partial charge in [0, 0.05) is 26.2 Å². The molecule has 6 heteroatoms. The van der Waals surface area contributed by atoms with Crippen molar-refractivity contribution in [3.63, 3.8) is 0 Å². The lowest BCUT2D eigenvalue weighted by Gasteiger charge is -2.32. The summed E-state index contributed by atoms with van der Waals surface area (Å²) in [6.07, 6.45) is -0.0964. The number of rotatable bonds is 2. The number of likely N-dealkylation sites (N-methyl/N-ethyl adjacent to an activating group) is 1. The Kier molecular flexibility index (Phi) is 3.26. The largest absolute Gasteiger partial charge is 0.339 e. The summed E-state index contributed by atoms with van der Waals surface area (Å²) in [6, 6.07) is 0. The van der Waals surface area contributed by atoms with E-state index in [1.165, 1.54) is 0 Å². The first-order valence-corrected chi connectivity index (χ1v) is 5.72. The van der Waals surface area contributed by atoms with Crippen LogP contribution >= 0.6 is 7.60 Å². The molecule has 1 aliphatic rings. The normalized spacial score (nSPS) is 22.9. The summed E-state index contributed by atoms with van der Waals surface area (Å²) in [5, 5.41) is 0. The van der Waals surface area contributed by atoms with Crippen LogP contribution in [0.5, 0.6) is 0 Å². The van der Waals surface area contributed by atoms with Gasteiger partial charge in [-0.25, -0.2) is 0 Å². The highest BCUT2D eigenvalue weighted by Crippen LogP contribution is 2.35. The molecular weight excluding hydrogens is 179 g/mol. The van der Waals surface area contributed by atoms with Gasteiger partial charge in [-0.05, 0) is 7.05 Å². The zero-order valence-electron chi connectivity index (χ0n) is 7.18. The van der Waals surface area contributed by atoms with Crippen LogP contribution in [0.1, 0.15) is 0 Å². The van der Waals surface area contributed by atoms with Crippen LogP contribution in [0.15, 0.2) is 0 Å². The number of nitrogens with zero attached hydrogens (tertiary/aromatic N) is 2. The van der Waals surface area contributed by atoms with E-state index in [9.17, 15) is 4.57 Å². The Hall–Kier alpha value is 0.0700. The van der Waals surface area contributed by atoms with Crippen LogP contribution in [-0.4, -0.2) is 59.1 Å². The van der Waals surface area contributed by atoms with Crippen LogP contribution in [0.25, 0.3) is 0 Å². The Balaban J connectivity index is 2.31. The molecule has 5 nitrogen and oxygen atoms in total. The second-order valence-corrected chi connectivity index (χ2v) is 4.84. The molecule has 0 spiro atoms. The van der Waals surface area contributed by atoms with Crippen LogP contribution in [0.4, 0.5) is 0 Å². The van der Waals surface area contributed by atoms with E-state index in [0.717, 1.165) is 26.2 Å². The fraction of sp³-hybridized carbons (Fsp3) is 1.00. The molecular formula is C6H15N2O3P. The molecule has 0 bridgehead atoms. The topological polar surface area (TPSA) is 64.0 Å². The standard InChI is InChI=1S/C6H15N2O3P/c1-7-2-4-8(5-3-7)6-12(9,10)11/h2-6H2,1H3,(H2,9,10,11). The van der Waals surface area contributed by atoms with Gasteiger partial charge in [-0.15, -0.1) is 0 Å². The summed E-state index contributed by atoms with van der Waals surface area (Å²) in [4.78, 5) is 21.3. The molecule has 1 heterocycles. The van der Waals surface area contributed by atoms with Crippen LogP contribution in [0, 0.1) is 0 Å². The van der Waals surface area contributed by atoms with E-state index in [1.54, 1.807) is 4.90 Å². The SMILES string of the molecule is CN1CCN(CP(=O)(O)O)CC1. The van der Waals surface area contributed by atoms with Gasteiger partial charge in [-0.1, -0.05) is 0 Å². The molecule has 0 atom stereocenters. The first-order valence-electron chi connectivity index (χ1n) is 3.93. The van der Waals surface area contributed by atoms with E-state index >= 15 is 0 Å². The lowest BCUT2D eigenvalue weighted by atomic mass is 10.4. The molecule has 0 aromatic carbocycles. The first kappa shape index (κ1) is 10.2. The third-order valence-corrected chi connectivity index (χ3v) is 2.75. The van der Waals surface area contributed by atoms with Gasteiger partial charge < -0.3 is 14.7 Å². The lowest BCUT2D eigenvalue weighted by molar-refractivity contribution is 0.164. The van der Waals surface area contributed by atoms with Gasteiger partial charge in [0.2, 0.25) is 0 Å². The molecule has 1 rings (SSSR count). The van der Waals surface area contributed by atoms with Crippen molar-refractivity contribution in [2.75, 3.05) is 39.5 Å². The van der Waals surface area contributed by atoms with Crippen molar-refractivity contribution in [1.29, 1.82) is 0 Å². The summed E-state index contributed by atoms with van der Waals surface area (Å²) in [5.41, 5.74) is 0. The van der Waals surface area contributed by atoms with Crippen LogP contribution in [0.2, 0.25) is 0 Å². The molecule has 1 saturated heterocycles. The Morgan fingerprint density at radius 1 is 1.25 bits per heavy atom. The average Bonchev–Trinajstić information content (AvgIpc) is 1.91. The number of hydrogen-bond acceptors (Lipinski definition) is 3. The monoisotopic (exact) mass is 194 g/mol. The van der Waals surface area contributed by atoms with Crippen molar-refractivity contribution in [3.05, 3.63) is 0 Å². The zero-order chi connectivity index (χ0) is 9.19. The van der Waals surface area contributed by atoms with Crippen molar-refractivity contribution in [1.82, 2.24) is 9.80 Å². The molecule has 0 aromatic heterocycles. The second kappa shape index (κ2) is 3.85. The summed E-state index contributed by atoms with van der Waals surface area (Å²) in [5.74, 6) is 0. The van der Waals surface area contributed by atoms with Crippen LogP contribution < -0.4 is 0 Å². The van der Waals surface area contributed by atoms with Gasteiger partial charge >= 0.3 is 7.60 Å². The fourth-order valence-corrected chi connectivity index (χ4v) is 2.05. The molecule has 0 saturated carbocycles. The van der Waals surface area contributed by atoms with E-state index in [-0.39, 0.29) is 6.29 Å². The second-order valence-electron chi connectivity index (χ2n) is 3.23. The predicted octanol–water partition coefficient (Wildman–Crippen LogP) is -0.631. The van der Waals surface area contributed by atoms with Crippen molar-refractivity contribution in [3.8, 4) is 0 Å². The van der Waals surface area contributed by atoms with Gasteiger partial charge in [0.05, 0.1) is 0 Å². The average molecular weight is 194 g/mol. The van der Waals surface area contributed by atoms with Crippen LogP contribution in [0.3, 0.4) is 0 Å². The molecule has 2 N–H and O–H groups in total. The summed E-state index contributed by atoms with van der Waals surface area (Å²) in [7, 11) is -1.84. The highest BCUT2D eigenvalue weighted by Gasteiger charge is 2.21. The maximum absolute atomic E-state index is 10.6. The van der Waals surface area contributed by atoms with Gasteiger partial charge in [0.25, 0.3) is 0 Å². The van der Waals surface area contributed by atoms with Gasteiger partial charge in [-0.3, -0.25) is 9.46 Å². The lowest BCUT2D eigenvalue weighted by Crippen LogP contribution is -2.44. The molecule has 0 unspecified atom stereocenters. The number of piperazine rings is 1. The highest BCUT2D eigenvalue weighted by molar-refractivity contribution is 7.51. The smallest absolute Gasteiger partial charge is 0.324 e. The Morgan fingerprint density at radius 2 is 1.75 bits per heavy atom. The molecule has 1 fully saturated rings. The zero-order valence-corrected chi connectivity index (χ0v) is 8.07. The van der Waals surface area contributed by atoms with E-state index in [0.29, 0.717) is 0 Å². The molecule has 72 valence electrons. The summed E-state index contributed by atoms with van der Waals surface area (Å²) >= 11 is 0. The van der Waals surface area contributed by atoms with Gasteiger partial charge in [-0.2, -0.15) is 0 Å². The number of hydrogen-bond donors (Lipinski definition) is 2. The van der Waals surface area contributed by atoms with Gasteiger partial charge in [0.15, 0.2) is 0 Å². The Morgan fingerprint density at radius 3 is 2.17 bits per heavy atom. The minimum absolute atomic E-state index is 0.0964. The highest BCUT2D eigenvalue weighted by atomic mass is 31.2. The summed E-state index contributed by atoms with van der Waals surface area (Å²) < 4.78 is 10.6. The van der Waals surface area contributed by atoms with Crippen molar-refractivity contribution >= 4 is 7.60 Å². The third-order valence-electron chi connectivity index (χ3n) is 1.98.